The molecule has 4 aliphatic carbocycles. The fraction of sp³-hybridized carbons (Fsp3) is 0.435. The molecule has 1 N–H and O–H groups in total. The fourth-order valence-electron chi connectivity index (χ4n) is 5.45. The van der Waals surface area contributed by atoms with Crippen LogP contribution in [-0.4, -0.2) is 11.9 Å². The molecule has 1 atom stereocenters. The van der Waals surface area contributed by atoms with Crippen LogP contribution >= 0.6 is 0 Å². The van der Waals surface area contributed by atoms with Gasteiger partial charge in [-0.1, -0.05) is 67.8 Å². The molecule has 2 aromatic carbocycles. The van der Waals surface area contributed by atoms with Crippen molar-refractivity contribution in [3.05, 3.63) is 70.8 Å². The van der Waals surface area contributed by atoms with Crippen molar-refractivity contribution >= 4 is 5.91 Å². The highest BCUT2D eigenvalue weighted by Crippen LogP contribution is 2.55. The molecule has 0 unspecified atom stereocenters. The van der Waals surface area contributed by atoms with E-state index in [9.17, 15) is 4.79 Å². The minimum absolute atomic E-state index is 0.0803. The highest BCUT2D eigenvalue weighted by atomic mass is 16.2. The Morgan fingerprint density at radius 3 is 1.96 bits per heavy atom. The first-order valence-electron chi connectivity index (χ1n) is 9.81. The summed E-state index contributed by atoms with van der Waals surface area (Å²) in [4.78, 5) is 13.2. The lowest BCUT2D eigenvalue weighted by Crippen LogP contribution is -2.45. The second-order valence-corrected chi connectivity index (χ2v) is 7.97. The molecule has 0 radical (unpaired) electrons. The van der Waals surface area contributed by atoms with Crippen LogP contribution in [0.4, 0.5) is 0 Å². The van der Waals surface area contributed by atoms with Crippen molar-refractivity contribution in [2.45, 2.75) is 56.4 Å². The van der Waals surface area contributed by atoms with Gasteiger partial charge in [-0.3, -0.25) is 4.79 Å². The van der Waals surface area contributed by atoms with E-state index < -0.39 is 0 Å². The maximum Gasteiger partial charge on any atom is 0.224 e. The van der Waals surface area contributed by atoms with E-state index in [1.807, 2.05) is 0 Å². The topological polar surface area (TPSA) is 29.1 Å². The van der Waals surface area contributed by atoms with Gasteiger partial charge in [0.1, 0.15) is 0 Å². The van der Waals surface area contributed by atoms with Gasteiger partial charge in [-0.25, -0.2) is 0 Å². The lowest BCUT2D eigenvalue weighted by atomic mass is 9.59. The quantitative estimate of drug-likeness (QED) is 0.846. The molecule has 0 aromatic heterocycles. The van der Waals surface area contributed by atoms with Crippen molar-refractivity contribution in [2.24, 2.45) is 5.92 Å². The van der Waals surface area contributed by atoms with Crippen molar-refractivity contribution in [1.82, 2.24) is 5.32 Å². The largest absolute Gasteiger partial charge is 0.353 e. The molecule has 4 aliphatic rings. The van der Waals surface area contributed by atoms with Gasteiger partial charge >= 0.3 is 0 Å². The van der Waals surface area contributed by atoms with E-state index in [4.69, 9.17) is 0 Å². The summed E-state index contributed by atoms with van der Waals surface area (Å²) in [6, 6.07) is 17.9. The van der Waals surface area contributed by atoms with E-state index in [2.05, 4.69) is 53.8 Å². The normalized spacial score (nSPS) is 27.4. The molecular weight excluding hydrogens is 306 g/mol. The highest BCUT2D eigenvalue weighted by Gasteiger charge is 2.46. The first-order valence-corrected chi connectivity index (χ1v) is 9.81. The van der Waals surface area contributed by atoms with Gasteiger partial charge in [0.15, 0.2) is 0 Å². The van der Waals surface area contributed by atoms with Crippen LogP contribution in [0.5, 0.6) is 0 Å². The molecule has 2 bridgehead atoms. The first kappa shape index (κ1) is 15.2. The number of carbonyl (C=O) groups excluding carboxylic acids is 1. The molecule has 0 spiro atoms. The molecular formula is C23H25NO. The van der Waals surface area contributed by atoms with Gasteiger partial charge < -0.3 is 5.32 Å². The molecule has 0 heterocycles. The summed E-state index contributed by atoms with van der Waals surface area (Å²) in [6.45, 7) is 0. The molecule has 1 saturated carbocycles. The van der Waals surface area contributed by atoms with Gasteiger partial charge in [0.05, 0.1) is 0 Å². The lowest BCUT2D eigenvalue weighted by molar-refractivity contribution is -0.127. The van der Waals surface area contributed by atoms with Gasteiger partial charge in [0, 0.05) is 23.8 Å². The Kier molecular flexibility index (Phi) is 3.65. The van der Waals surface area contributed by atoms with Crippen LogP contribution in [0.2, 0.25) is 0 Å². The molecule has 0 aliphatic heterocycles. The maximum absolute atomic E-state index is 13.2. The Morgan fingerprint density at radius 2 is 1.36 bits per heavy atom. The van der Waals surface area contributed by atoms with E-state index in [0.717, 1.165) is 19.3 Å². The van der Waals surface area contributed by atoms with Crippen molar-refractivity contribution in [3.8, 4) is 0 Å². The lowest BCUT2D eigenvalue weighted by Gasteiger charge is -2.45. The number of hydrogen-bond acceptors (Lipinski definition) is 1. The number of hydrogen-bond donors (Lipinski definition) is 1. The average Bonchev–Trinajstić information content (AvgIpc) is 2.69. The average molecular weight is 331 g/mol. The summed E-state index contributed by atoms with van der Waals surface area (Å²) < 4.78 is 0. The van der Waals surface area contributed by atoms with E-state index in [1.54, 1.807) is 0 Å². The van der Waals surface area contributed by atoms with Crippen LogP contribution in [0.25, 0.3) is 0 Å². The molecule has 2 nitrogen and oxygen atoms in total. The SMILES string of the molecule is O=C(NC1CCCCC1)[C@@H]1CC2c3ccccc3C1c1ccccc12. The third-order valence-electron chi connectivity index (χ3n) is 6.59. The predicted molar refractivity (Wildman–Crippen MR) is 99.7 cm³/mol. The van der Waals surface area contributed by atoms with Crippen LogP contribution in [0, 0.1) is 5.92 Å². The van der Waals surface area contributed by atoms with Crippen LogP contribution in [0.1, 0.15) is 72.6 Å². The zero-order valence-corrected chi connectivity index (χ0v) is 14.6. The number of carbonyl (C=O) groups is 1. The maximum atomic E-state index is 13.2. The molecule has 2 aromatic rings. The summed E-state index contributed by atoms with van der Waals surface area (Å²) in [7, 11) is 0. The number of benzene rings is 2. The molecule has 25 heavy (non-hydrogen) atoms. The Balaban J connectivity index is 1.50. The van der Waals surface area contributed by atoms with E-state index in [1.165, 1.54) is 41.5 Å². The Bertz CT molecular complexity index is 758. The molecule has 1 fully saturated rings. The third kappa shape index (κ3) is 2.42. The Morgan fingerprint density at radius 1 is 0.800 bits per heavy atom. The molecule has 6 rings (SSSR count). The first-order chi connectivity index (χ1) is 12.3. The smallest absolute Gasteiger partial charge is 0.224 e. The standard InChI is InChI=1S/C23H25NO/c25-23(24-15-8-2-1-3-9-15)21-14-20-16-10-4-6-12-18(16)22(21)19-13-7-5-11-17(19)20/h4-7,10-13,15,20-22H,1-3,8-9,14H2,(H,24,25)/t20?,21-,22?/m1/s1. The fourth-order valence-corrected chi connectivity index (χ4v) is 5.45. The summed E-state index contributed by atoms with van der Waals surface area (Å²) in [5.74, 6) is 0.961. The van der Waals surface area contributed by atoms with Crippen molar-refractivity contribution in [1.29, 1.82) is 0 Å². The number of nitrogens with one attached hydrogen (secondary N) is 1. The monoisotopic (exact) mass is 331 g/mol. The zero-order valence-electron chi connectivity index (χ0n) is 14.6. The predicted octanol–water partition coefficient (Wildman–Crippen LogP) is 4.73. The summed E-state index contributed by atoms with van der Waals surface area (Å²) >= 11 is 0. The second kappa shape index (κ2) is 6.01. The Hall–Kier alpha value is -2.09. The summed E-state index contributed by atoms with van der Waals surface area (Å²) in [5, 5.41) is 3.40. The van der Waals surface area contributed by atoms with Gasteiger partial charge in [0.25, 0.3) is 0 Å². The van der Waals surface area contributed by atoms with Crippen LogP contribution in [0.15, 0.2) is 48.5 Å². The summed E-state index contributed by atoms with van der Waals surface area (Å²) in [5.41, 5.74) is 5.63. The van der Waals surface area contributed by atoms with Gasteiger partial charge in [-0.05, 0) is 41.5 Å². The minimum atomic E-state index is 0.0803. The van der Waals surface area contributed by atoms with Crippen LogP contribution < -0.4 is 5.32 Å². The highest BCUT2D eigenvalue weighted by molar-refractivity contribution is 5.82. The van der Waals surface area contributed by atoms with Crippen molar-refractivity contribution < 1.29 is 4.79 Å². The number of fused-ring (bicyclic) bond motifs is 1. The van der Waals surface area contributed by atoms with E-state index in [-0.39, 0.29) is 17.7 Å². The third-order valence-corrected chi connectivity index (χ3v) is 6.59. The summed E-state index contributed by atoms with van der Waals surface area (Å²) in [6.07, 6.45) is 7.10. The molecule has 2 heteroatoms. The molecule has 1 amide bonds. The van der Waals surface area contributed by atoms with Gasteiger partial charge in [-0.15, -0.1) is 0 Å². The Labute approximate surface area is 149 Å². The van der Waals surface area contributed by atoms with Crippen molar-refractivity contribution in [2.75, 3.05) is 0 Å². The van der Waals surface area contributed by atoms with Gasteiger partial charge in [0.2, 0.25) is 5.91 Å². The number of amides is 1. The van der Waals surface area contributed by atoms with Crippen LogP contribution in [0.3, 0.4) is 0 Å². The zero-order chi connectivity index (χ0) is 16.8. The molecule has 128 valence electrons. The van der Waals surface area contributed by atoms with Gasteiger partial charge in [-0.2, -0.15) is 0 Å². The molecule has 0 saturated heterocycles. The van der Waals surface area contributed by atoms with E-state index >= 15 is 0 Å². The number of rotatable bonds is 2. The van der Waals surface area contributed by atoms with E-state index in [0.29, 0.717) is 12.0 Å². The minimum Gasteiger partial charge on any atom is -0.353 e. The van der Waals surface area contributed by atoms with Crippen LogP contribution in [-0.2, 0) is 4.79 Å². The second-order valence-electron chi connectivity index (χ2n) is 7.97. The van der Waals surface area contributed by atoms with Crippen molar-refractivity contribution in [3.63, 3.8) is 0 Å².